The van der Waals surface area contributed by atoms with Crippen LogP contribution in [0.2, 0.25) is 0 Å². The number of carboxylic acids is 1. The van der Waals surface area contributed by atoms with Gasteiger partial charge in [0.25, 0.3) is 0 Å². The topological polar surface area (TPSA) is 86.7 Å². The van der Waals surface area contributed by atoms with Crippen LogP contribution in [-0.4, -0.2) is 49.6 Å². The standard InChI is InChI=1S/C13H17F3N2O4S2/c1-2-18(7-11(19)20)9-5-8(6-9)17-24(21,22)12-4-3-10(23-12)13(14,15)16/h3-4,8-9,17H,2,5-7H2,1H3,(H,19,20). The van der Waals surface area contributed by atoms with Crippen molar-refractivity contribution in [3.63, 3.8) is 0 Å². The van der Waals surface area contributed by atoms with Crippen LogP contribution in [0, 0.1) is 0 Å². The van der Waals surface area contributed by atoms with Gasteiger partial charge in [-0.1, -0.05) is 6.92 Å². The summed E-state index contributed by atoms with van der Waals surface area (Å²) in [5.41, 5.74) is 0. The molecule has 11 heteroatoms. The van der Waals surface area contributed by atoms with E-state index >= 15 is 0 Å². The summed E-state index contributed by atoms with van der Waals surface area (Å²) in [5.74, 6) is -0.959. The first-order valence-corrected chi connectivity index (χ1v) is 9.48. The first-order chi connectivity index (χ1) is 11.0. The minimum atomic E-state index is -4.57. The van der Waals surface area contributed by atoms with Crippen molar-refractivity contribution in [3.05, 3.63) is 17.0 Å². The third kappa shape index (κ3) is 4.47. The molecule has 0 saturated heterocycles. The fourth-order valence-corrected chi connectivity index (χ4v) is 5.00. The SMILES string of the molecule is CCN(CC(=O)O)C1CC(NS(=O)(=O)c2ccc(C(F)(F)F)s2)C1. The molecule has 1 aliphatic carbocycles. The Morgan fingerprint density at radius 3 is 2.50 bits per heavy atom. The zero-order valence-electron chi connectivity index (χ0n) is 12.7. The lowest BCUT2D eigenvalue weighted by molar-refractivity contribution is -0.139. The van der Waals surface area contributed by atoms with Crippen LogP contribution in [0.25, 0.3) is 0 Å². The van der Waals surface area contributed by atoms with E-state index in [1.807, 2.05) is 6.92 Å². The van der Waals surface area contributed by atoms with Gasteiger partial charge in [-0.25, -0.2) is 13.1 Å². The average molecular weight is 386 g/mol. The summed E-state index contributed by atoms with van der Waals surface area (Å²) in [7, 11) is -4.01. The molecule has 0 unspecified atom stereocenters. The normalized spacial score (nSPS) is 21.7. The van der Waals surface area contributed by atoms with E-state index in [4.69, 9.17) is 5.11 Å². The Morgan fingerprint density at radius 2 is 2.04 bits per heavy atom. The molecule has 6 nitrogen and oxygen atoms in total. The van der Waals surface area contributed by atoms with Crippen LogP contribution in [0.15, 0.2) is 16.3 Å². The van der Waals surface area contributed by atoms with Gasteiger partial charge in [0.15, 0.2) is 0 Å². The number of hydrogen-bond acceptors (Lipinski definition) is 5. The van der Waals surface area contributed by atoms with Crippen molar-refractivity contribution >= 4 is 27.3 Å². The van der Waals surface area contributed by atoms with Gasteiger partial charge in [-0.05, 0) is 31.5 Å². The van der Waals surface area contributed by atoms with Crippen molar-refractivity contribution in [2.24, 2.45) is 0 Å². The van der Waals surface area contributed by atoms with Gasteiger partial charge in [-0.2, -0.15) is 13.2 Å². The molecule has 1 heterocycles. The highest BCUT2D eigenvalue weighted by Crippen LogP contribution is 2.36. The van der Waals surface area contributed by atoms with Crippen LogP contribution in [-0.2, 0) is 21.0 Å². The van der Waals surface area contributed by atoms with E-state index in [0.717, 1.165) is 12.1 Å². The smallest absolute Gasteiger partial charge is 0.425 e. The molecule has 0 amide bonds. The van der Waals surface area contributed by atoms with Crippen LogP contribution in [0.3, 0.4) is 0 Å². The minimum Gasteiger partial charge on any atom is -0.480 e. The molecular formula is C13H17F3N2O4S2. The molecular weight excluding hydrogens is 369 g/mol. The summed E-state index contributed by atoms with van der Waals surface area (Å²) in [6.45, 7) is 2.21. The molecule has 0 radical (unpaired) electrons. The van der Waals surface area contributed by atoms with E-state index in [1.165, 1.54) is 0 Å². The number of likely N-dealkylation sites (N-methyl/N-ethyl adjacent to an activating group) is 1. The summed E-state index contributed by atoms with van der Waals surface area (Å²) < 4.78 is 63.9. The van der Waals surface area contributed by atoms with E-state index < -0.39 is 33.1 Å². The molecule has 0 atom stereocenters. The van der Waals surface area contributed by atoms with Crippen molar-refractivity contribution in [1.82, 2.24) is 9.62 Å². The number of rotatable bonds is 7. The molecule has 1 aromatic heterocycles. The fourth-order valence-electron chi connectivity index (χ4n) is 2.55. The van der Waals surface area contributed by atoms with Crippen molar-refractivity contribution in [2.75, 3.05) is 13.1 Å². The second kappa shape index (κ2) is 6.98. The summed E-state index contributed by atoms with van der Waals surface area (Å²) in [5, 5.41) is 8.81. The second-order valence-electron chi connectivity index (χ2n) is 5.52. The van der Waals surface area contributed by atoms with Crippen LogP contribution < -0.4 is 4.72 Å². The zero-order chi connectivity index (χ0) is 18.1. The molecule has 24 heavy (non-hydrogen) atoms. The molecule has 1 fully saturated rings. The van der Waals surface area contributed by atoms with Crippen molar-refractivity contribution in [1.29, 1.82) is 0 Å². The predicted octanol–water partition coefficient (Wildman–Crippen LogP) is 1.98. The van der Waals surface area contributed by atoms with Gasteiger partial charge >= 0.3 is 12.1 Å². The summed E-state index contributed by atoms with van der Waals surface area (Å²) in [4.78, 5) is 11.5. The fraction of sp³-hybridized carbons (Fsp3) is 0.615. The first kappa shape index (κ1) is 19.2. The van der Waals surface area contributed by atoms with Crippen LogP contribution in [0.1, 0.15) is 24.6 Å². The Bertz CT molecular complexity index is 696. The highest BCUT2D eigenvalue weighted by molar-refractivity contribution is 7.91. The molecule has 1 saturated carbocycles. The molecule has 0 bridgehead atoms. The molecule has 0 aromatic carbocycles. The quantitative estimate of drug-likeness (QED) is 0.748. The largest absolute Gasteiger partial charge is 0.480 e. The van der Waals surface area contributed by atoms with Crippen molar-refractivity contribution in [3.8, 4) is 0 Å². The number of thiophene rings is 1. The molecule has 136 valence electrons. The van der Waals surface area contributed by atoms with E-state index in [-0.39, 0.29) is 28.1 Å². The van der Waals surface area contributed by atoms with Crippen molar-refractivity contribution < 1.29 is 31.5 Å². The molecule has 1 aromatic rings. The number of halogens is 3. The summed E-state index contributed by atoms with van der Waals surface area (Å²) >= 11 is 0.180. The molecule has 2 N–H and O–H groups in total. The van der Waals surface area contributed by atoms with Crippen LogP contribution in [0.5, 0.6) is 0 Å². The number of carbonyl (C=O) groups is 1. The number of carboxylic acid groups (broad SMARTS) is 1. The van der Waals surface area contributed by atoms with E-state index in [2.05, 4.69) is 4.72 Å². The molecule has 2 rings (SSSR count). The van der Waals surface area contributed by atoms with Gasteiger partial charge < -0.3 is 5.11 Å². The van der Waals surface area contributed by atoms with Gasteiger partial charge in [-0.15, -0.1) is 11.3 Å². The lowest BCUT2D eigenvalue weighted by Gasteiger charge is -2.41. The Kier molecular flexibility index (Phi) is 5.57. The lowest BCUT2D eigenvalue weighted by atomic mass is 9.86. The number of hydrogen-bond donors (Lipinski definition) is 2. The molecule has 0 spiro atoms. The maximum absolute atomic E-state index is 12.6. The van der Waals surface area contributed by atoms with Gasteiger partial charge in [0.1, 0.15) is 9.09 Å². The van der Waals surface area contributed by atoms with E-state index in [0.29, 0.717) is 19.4 Å². The van der Waals surface area contributed by atoms with E-state index in [9.17, 15) is 26.4 Å². The number of nitrogens with one attached hydrogen (secondary N) is 1. The maximum atomic E-state index is 12.6. The highest BCUT2D eigenvalue weighted by atomic mass is 32.2. The Balaban J connectivity index is 1.95. The third-order valence-corrected chi connectivity index (χ3v) is 6.96. The summed E-state index contributed by atoms with van der Waals surface area (Å²) in [6, 6.07) is 1.23. The van der Waals surface area contributed by atoms with Crippen LogP contribution >= 0.6 is 11.3 Å². The Hall–Kier alpha value is -1.17. The summed E-state index contributed by atoms with van der Waals surface area (Å²) in [6.07, 6.45) is -3.71. The number of aliphatic carboxylic acids is 1. The van der Waals surface area contributed by atoms with Crippen molar-refractivity contribution in [2.45, 2.75) is 42.2 Å². The Labute approximate surface area is 141 Å². The maximum Gasteiger partial charge on any atom is 0.425 e. The Morgan fingerprint density at radius 1 is 1.42 bits per heavy atom. The van der Waals surface area contributed by atoms with Gasteiger partial charge in [0.2, 0.25) is 10.0 Å². The highest BCUT2D eigenvalue weighted by Gasteiger charge is 2.38. The van der Waals surface area contributed by atoms with Crippen LogP contribution in [0.4, 0.5) is 13.2 Å². The van der Waals surface area contributed by atoms with Gasteiger partial charge in [0, 0.05) is 12.1 Å². The zero-order valence-corrected chi connectivity index (χ0v) is 14.3. The number of sulfonamides is 1. The van der Waals surface area contributed by atoms with E-state index in [1.54, 1.807) is 4.90 Å². The predicted molar refractivity (Wildman–Crippen MR) is 81.3 cm³/mol. The number of alkyl halides is 3. The molecule has 1 aliphatic rings. The monoisotopic (exact) mass is 386 g/mol. The second-order valence-corrected chi connectivity index (χ2v) is 8.54. The minimum absolute atomic E-state index is 0.0483. The number of nitrogens with zero attached hydrogens (tertiary/aromatic N) is 1. The van der Waals surface area contributed by atoms with Gasteiger partial charge in [0.05, 0.1) is 6.54 Å². The average Bonchev–Trinajstić information content (AvgIpc) is 2.90. The van der Waals surface area contributed by atoms with Gasteiger partial charge in [-0.3, -0.25) is 9.69 Å². The lowest BCUT2D eigenvalue weighted by Crippen LogP contribution is -2.54. The molecule has 0 aliphatic heterocycles. The first-order valence-electron chi connectivity index (χ1n) is 7.18. The third-order valence-electron chi connectivity index (χ3n) is 3.82.